The van der Waals surface area contributed by atoms with Gasteiger partial charge in [0.05, 0.1) is 12.6 Å². The molecular formula is C10H10ClF3N2O2S2. The number of aromatic nitrogens is 1. The molecule has 0 radical (unpaired) electrons. The van der Waals surface area contributed by atoms with E-state index in [9.17, 15) is 17.7 Å². The smallest absolute Gasteiger partial charge is 0.303 e. The van der Waals surface area contributed by atoms with Crippen LogP contribution in [0.1, 0.15) is 19.0 Å². The SMILES string of the molecule is CCON=Cc1nc([S+]([O-])CCC(F)=C(F)F)sc1Cl. The molecule has 112 valence electrons. The van der Waals surface area contributed by atoms with Crippen LogP contribution in [0.25, 0.3) is 0 Å². The molecule has 1 aromatic rings. The minimum atomic E-state index is -2.40. The van der Waals surface area contributed by atoms with Crippen molar-refractivity contribution in [2.75, 3.05) is 12.4 Å². The van der Waals surface area contributed by atoms with Crippen LogP contribution in [0.4, 0.5) is 13.2 Å². The summed E-state index contributed by atoms with van der Waals surface area (Å²) in [4.78, 5) is 8.66. The van der Waals surface area contributed by atoms with Crippen molar-refractivity contribution in [1.82, 2.24) is 4.98 Å². The van der Waals surface area contributed by atoms with E-state index >= 15 is 0 Å². The Hall–Kier alpha value is -0.770. The van der Waals surface area contributed by atoms with Crippen LogP contribution in [-0.2, 0) is 16.0 Å². The van der Waals surface area contributed by atoms with E-state index in [-0.39, 0.29) is 20.1 Å². The number of hydrogen-bond acceptors (Lipinski definition) is 5. The zero-order chi connectivity index (χ0) is 15.1. The first kappa shape index (κ1) is 17.3. The predicted molar refractivity (Wildman–Crippen MR) is 72.6 cm³/mol. The van der Waals surface area contributed by atoms with Gasteiger partial charge in [-0.25, -0.2) is 4.39 Å². The lowest BCUT2D eigenvalue weighted by molar-refractivity contribution is 0.160. The molecule has 0 spiro atoms. The van der Waals surface area contributed by atoms with Crippen molar-refractivity contribution in [2.45, 2.75) is 17.7 Å². The van der Waals surface area contributed by atoms with E-state index in [0.29, 0.717) is 6.61 Å². The van der Waals surface area contributed by atoms with E-state index < -0.39 is 29.5 Å². The number of thiazole rings is 1. The van der Waals surface area contributed by atoms with Gasteiger partial charge in [0.1, 0.15) is 22.4 Å². The van der Waals surface area contributed by atoms with E-state index in [1.807, 2.05) is 0 Å². The first-order chi connectivity index (χ1) is 9.45. The summed E-state index contributed by atoms with van der Waals surface area (Å²) in [6, 6.07) is 0. The molecule has 20 heavy (non-hydrogen) atoms. The summed E-state index contributed by atoms with van der Waals surface area (Å²) in [5.74, 6) is -1.87. The number of halogens is 4. The normalized spacial score (nSPS) is 12.7. The molecule has 0 aromatic carbocycles. The van der Waals surface area contributed by atoms with Gasteiger partial charge in [-0.2, -0.15) is 13.8 Å². The molecule has 0 amide bonds. The molecule has 4 nitrogen and oxygen atoms in total. The van der Waals surface area contributed by atoms with E-state index in [2.05, 4.69) is 10.1 Å². The topological polar surface area (TPSA) is 57.5 Å². The fourth-order valence-corrected chi connectivity index (χ4v) is 3.56. The Kier molecular flexibility index (Phi) is 7.35. The summed E-state index contributed by atoms with van der Waals surface area (Å²) >= 11 is 5.07. The summed E-state index contributed by atoms with van der Waals surface area (Å²) < 4.78 is 48.5. The largest absolute Gasteiger partial charge is 0.610 e. The molecule has 0 aliphatic carbocycles. The Morgan fingerprint density at radius 3 is 2.85 bits per heavy atom. The van der Waals surface area contributed by atoms with Crippen molar-refractivity contribution in [3.63, 3.8) is 0 Å². The third-order valence-corrected chi connectivity index (χ3v) is 4.82. The fraction of sp³-hybridized carbons (Fsp3) is 0.400. The van der Waals surface area contributed by atoms with Gasteiger partial charge in [-0.3, -0.25) is 0 Å². The lowest BCUT2D eigenvalue weighted by atomic mass is 10.4. The van der Waals surface area contributed by atoms with Gasteiger partial charge >= 0.3 is 10.4 Å². The van der Waals surface area contributed by atoms with Crippen LogP contribution in [0, 0.1) is 0 Å². The average molecular weight is 347 g/mol. The number of allylic oxidation sites excluding steroid dienone is 1. The Labute approximate surface area is 125 Å². The van der Waals surface area contributed by atoms with Crippen molar-refractivity contribution < 1.29 is 22.6 Å². The minimum Gasteiger partial charge on any atom is -0.610 e. The Bertz CT molecular complexity index is 507. The van der Waals surface area contributed by atoms with Crippen LogP contribution < -0.4 is 0 Å². The highest BCUT2D eigenvalue weighted by molar-refractivity contribution is 7.93. The van der Waals surface area contributed by atoms with Crippen molar-refractivity contribution in [3.8, 4) is 0 Å². The van der Waals surface area contributed by atoms with Gasteiger partial charge in [-0.15, -0.1) is 0 Å². The molecule has 1 atom stereocenters. The van der Waals surface area contributed by atoms with Gasteiger partial charge in [0, 0.05) is 11.2 Å². The summed E-state index contributed by atoms with van der Waals surface area (Å²) in [5.41, 5.74) is 0.265. The highest BCUT2D eigenvalue weighted by Gasteiger charge is 2.20. The predicted octanol–water partition coefficient (Wildman–Crippen LogP) is 3.74. The van der Waals surface area contributed by atoms with Gasteiger partial charge in [0.25, 0.3) is 0 Å². The maximum Gasteiger partial charge on any atom is 0.303 e. The van der Waals surface area contributed by atoms with Crippen LogP contribution in [0.2, 0.25) is 4.34 Å². The van der Waals surface area contributed by atoms with Crippen molar-refractivity contribution in [3.05, 3.63) is 21.9 Å². The van der Waals surface area contributed by atoms with Gasteiger partial charge in [0.2, 0.25) is 0 Å². The molecule has 1 rings (SSSR count). The molecule has 1 heterocycles. The van der Waals surface area contributed by atoms with E-state index in [1.54, 1.807) is 6.92 Å². The van der Waals surface area contributed by atoms with E-state index in [0.717, 1.165) is 11.3 Å². The molecule has 0 aliphatic rings. The quantitative estimate of drug-likeness (QED) is 0.429. The second kappa shape index (κ2) is 8.50. The number of nitrogens with zero attached hydrogens (tertiary/aromatic N) is 2. The van der Waals surface area contributed by atoms with Crippen LogP contribution >= 0.6 is 22.9 Å². The van der Waals surface area contributed by atoms with Crippen LogP contribution in [0.5, 0.6) is 0 Å². The highest BCUT2D eigenvalue weighted by Crippen LogP contribution is 2.28. The monoisotopic (exact) mass is 346 g/mol. The lowest BCUT2D eigenvalue weighted by Gasteiger charge is -2.04. The third-order valence-electron chi connectivity index (χ3n) is 1.88. The Balaban J connectivity index is 2.67. The number of hydrogen-bond donors (Lipinski definition) is 0. The molecule has 1 unspecified atom stereocenters. The molecule has 0 saturated heterocycles. The van der Waals surface area contributed by atoms with Gasteiger partial charge in [-0.05, 0) is 6.92 Å². The van der Waals surface area contributed by atoms with Gasteiger partial charge in [0.15, 0.2) is 5.83 Å². The van der Waals surface area contributed by atoms with E-state index in [4.69, 9.17) is 16.4 Å². The Morgan fingerprint density at radius 1 is 1.55 bits per heavy atom. The van der Waals surface area contributed by atoms with Crippen molar-refractivity contribution in [2.24, 2.45) is 5.16 Å². The molecule has 0 aliphatic heterocycles. The summed E-state index contributed by atoms with van der Waals surface area (Å²) in [5, 5.41) is 3.56. The molecule has 1 aromatic heterocycles. The summed E-state index contributed by atoms with van der Waals surface area (Å²) in [6.45, 7) is 2.12. The van der Waals surface area contributed by atoms with Gasteiger partial charge < -0.3 is 9.39 Å². The van der Waals surface area contributed by atoms with Crippen LogP contribution in [0.3, 0.4) is 0 Å². The standard InChI is InChI=1S/C10H10ClF3N2O2S2/c1-2-18-15-5-7-8(11)19-10(16-7)20(17)4-3-6(12)9(13)14/h5H,2-4H2,1H3. The average Bonchev–Trinajstić information content (AvgIpc) is 2.77. The molecule has 0 saturated carbocycles. The van der Waals surface area contributed by atoms with E-state index in [1.165, 1.54) is 6.21 Å². The molecule has 0 bridgehead atoms. The molecular weight excluding hydrogens is 337 g/mol. The second-order valence-corrected chi connectivity index (χ2v) is 6.60. The highest BCUT2D eigenvalue weighted by atomic mass is 35.5. The first-order valence-corrected chi connectivity index (χ1v) is 7.86. The maximum absolute atomic E-state index is 12.6. The molecule has 0 fully saturated rings. The lowest BCUT2D eigenvalue weighted by Crippen LogP contribution is -2.07. The second-order valence-electron chi connectivity index (χ2n) is 3.26. The van der Waals surface area contributed by atoms with Crippen LogP contribution in [-0.4, -0.2) is 28.1 Å². The maximum atomic E-state index is 12.6. The molecule has 10 heteroatoms. The number of oxime groups is 1. The van der Waals surface area contributed by atoms with Gasteiger partial charge in [-0.1, -0.05) is 28.1 Å². The summed E-state index contributed by atoms with van der Waals surface area (Å²) in [6.07, 6.45) is -1.76. The first-order valence-electron chi connectivity index (χ1n) is 5.35. The summed E-state index contributed by atoms with van der Waals surface area (Å²) in [7, 11) is 0. The zero-order valence-corrected chi connectivity index (χ0v) is 12.6. The third kappa shape index (κ3) is 5.31. The van der Waals surface area contributed by atoms with Crippen molar-refractivity contribution in [1.29, 1.82) is 0 Å². The zero-order valence-electron chi connectivity index (χ0n) is 10.2. The minimum absolute atomic E-state index is 0.125. The number of rotatable bonds is 7. The molecule has 0 N–H and O–H groups in total. The fourth-order valence-electron chi connectivity index (χ4n) is 0.997. The van der Waals surface area contributed by atoms with Crippen molar-refractivity contribution >= 4 is 40.3 Å². The van der Waals surface area contributed by atoms with Crippen LogP contribution in [0.15, 0.2) is 21.4 Å². The Morgan fingerprint density at radius 2 is 2.25 bits per heavy atom.